The van der Waals surface area contributed by atoms with Gasteiger partial charge in [-0.05, 0) is 18.6 Å². The largest absolute Gasteiger partial charge is 0.388 e. The minimum absolute atomic E-state index is 0.344. The van der Waals surface area contributed by atoms with Crippen molar-refractivity contribution in [3.05, 3.63) is 24.0 Å². The number of hydrogen-bond acceptors (Lipinski definition) is 3. The van der Waals surface area contributed by atoms with Crippen LogP contribution in [0.1, 0.15) is 38.3 Å². The molecule has 1 heterocycles. The molecule has 1 aromatic heterocycles. The van der Waals surface area contributed by atoms with Crippen molar-refractivity contribution in [2.75, 3.05) is 11.9 Å². The average molecular weight is 237 g/mol. The molecule has 0 atom stereocenters. The number of rotatable bonds is 7. The molecule has 0 amide bonds. The summed E-state index contributed by atoms with van der Waals surface area (Å²) in [5.74, 6) is 0. The second kappa shape index (κ2) is 7.17. The Bertz CT molecular complexity index is 339. The van der Waals surface area contributed by atoms with Crippen LogP contribution in [0.4, 0.5) is 5.69 Å². The third-order valence-corrected chi connectivity index (χ3v) is 2.58. The Morgan fingerprint density at radius 3 is 2.94 bits per heavy atom. The third kappa shape index (κ3) is 4.14. The summed E-state index contributed by atoms with van der Waals surface area (Å²) < 4.78 is 0. The molecule has 0 unspecified atom stereocenters. The molecule has 1 aromatic rings. The Hall–Kier alpha value is -1.16. The number of hydrogen-bond donors (Lipinski definition) is 2. The summed E-state index contributed by atoms with van der Waals surface area (Å²) in [4.78, 5) is 4.51. The van der Waals surface area contributed by atoms with E-state index in [9.17, 15) is 0 Å². The van der Waals surface area contributed by atoms with Gasteiger partial charge >= 0.3 is 0 Å². The Labute approximate surface area is 102 Å². The van der Waals surface area contributed by atoms with Crippen molar-refractivity contribution >= 4 is 22.9 Å². The van der Waals surface area contributed by atoms with Crippen molar-refractivity contribution < 1.29 is 0 Å². The second-order valence-corrected chi connectivity index (χ2v) is 4.19. The molecular formula is C12H19N3S. The van der Waals surface area contributed by atoms with Gasteiger partial charge in [-0.15, -0.1) is 0 Å². The van der Waals surface area contributed by atoms with Crippen LogP contribution >= 0.6 is 12.2 Å². The van der Waals surface area contributed by atoms with Crippen LogP contribution in [0.3, 0.4) is 0 Å². The van der Waals surface area contributed by atoms with Crippen molar-refractivity contribution in [1.29, 1.82) is 0 Å². The van der Waals surface area contributed by atoms with Crippen LogP contribution in [0.5, 0.6) is 0 Å². The van der Waals surface area contributed by atoms with Gasteiger partial charge in [-0.25, -0.2) is 0 Å². The van der Waals surface area contributed by atoms with Gasteiger partial charge in [-0.2, -0.15) is 0 Å². The lowest BCUT2D eigenvalue weighted by Crippen LogP contribution is -2.15. The fourth-order valence-corrected chi connectivity index (χ4v) is 1.68. The maximum Gasteiger partial charge on any atom is 0.124 e. The topological polar surface area (TPSA) is 50.9 Å². The van der Waals surface area contributed by atoms with Crippen molar-refractivity contribution in [2.45, 2.75) is 32.6 Å². The molecule has 3 N–H and O–H groups in total. The number of pyridine rings is 1. The molecule has 0 fully saturated rings. The first-order chi connectivity index (χ1) is 7.75. The van der Waals surface area contributed by atoms with E-state index >= 15 is 0 Å². The van der Waals surface area contributed by atoms with E-state index in [-0.39, 0.29) is 0 Å². The molecule has 1 rings (SSSR count). The van der Waals surface area contributed by atoms with E-state index < -0.39 is 0 Å². The first-order valence-electron chi connectivity index (χ1n) is 5.74. The minimum Gasteiger partial charge on any atom is -0.388 e. The first kappa shape index (κ1) is 12.9. The van der Waals surface area contributed by atoms with Crippen molar-refractivity contribution in [3.63, 3.8) is 0 Å². The molecule has 0 aliphatic carbocycles. The van der Waals surface area contributed by atoms with E-state index in [2.05, 4.69) is 17.2 Å². The van der Waals surface area contributed by atoms with Gasteiger partial charge < -0.3 is 11.1 Å². The molecular weight excluding hydrogens is 218 g/mol. The lowest BCUT2D eigenvalue weighted by atomic mass is 10.2. The Kier molecular flexibility index (Phi) is 5.78. The Morgan fingerprint density at radius 1 is 1.44 bits per heavy atom. The van der Waals surface area contributed by atoms with E-state index in [0.29, 0.717) is 10.7 Å². The van der Waals surface area contributed by atoms with Gasteiger partial charge in [-0.1, -0.05) is 38.4 Å². The molecule has 0 bridgehead atoms. The van der Waals surface area contributed by atoms with Crippen LogP contribution in [0.2, 0.25) is 0 Å². The zero-order chi connectivity index (χ0) is 11.8. The zero-order valence-corrected chi connectivity index (χ0v) is 10.5. The number of nitrogens with zero attached hydrogens (tertiary/aromatic N) is 1. The SMILES string of the molecule is CCCCCCNc1cccnc1C(N)=S. The fourth-order valence-electron chi connectivity index (χ4n) is 1.52. The Morgan fingerprint density at radius 2 is 2.25 bits per heavy atom. The van der Waals surface area contributed by atoms with Crippen LogP contribution in [-0.2, 0) is 0 Å². The molecule has 88 valence electrons. The maximum atomic E-state index is 5.60. The summed E-state index contributed by atoms with van der Waals surface area (Å²) in [7, 11) is 0. The second-order valence-electron chi connectivity index (χ2n) is 3.75. The van der Waals surface area contributed by atoms with Gasteiger partial charge in [0.05, 0.1) is 5.69 Å². The van der Waals surface area contributed by atoms with Crippen LogP contribution in [0.25, 0.3) is 0 Å². The summed E-state index contributed by atoms with van der Waals surface area (Å²) in [5.41, 5.74) is 7.22. The van der Waals surface area contributed by atoms with E-state index in [4.69, 9.17) is 18.0 Å². The highest BCUT2D eigenvalue weighted by atomic mass is 32.1. The molecule has 0 radical (unpaired) electrons. The fraction of sp³-hybridized carbons (Fsp3) is 0.500. The zero-order valence-electron chi connectivity index (χ0n) is 9.70. The summed E-state index contributed by atoms with van der Waals surface area (Å²) in [6.07, 6.45) is 6.67. The van der Waals surface area contributed by atoms with Crippen LogP contribution in [-0.4, -0.2) is 16.5 Å². The Balaban J connectivity index is 2.44. The number of aromatic nitrogens is 1. The quantitative estimate of drug-likeness (QED) is 0.565. The molecule has 0 saturated carbocycles. The molecule has 16 heavy (non-hydrogen) atoms. The highest BCUT2D eigenvalue weighted by Gasteiger charge is 2.04. The molecule has 4 heteroatoms. The normalized spacial score (nSPS) is 10.1. The minimum atomic E-state index is 0.344. The number of anilines is 1. The number of unbranched alkanes of at least 4 members (excludes halogenated alkanes) is 3. The molecule has 0 saturated heterocycles. The predicted molar refractivity (Wildman–Crippen MR) is 72.8 cm³/mol. The molecule has 0 spiro atoms. The summed E-state index contributed by atoms with van der Waals surface area (Å²) in [6, 6.07) is 3.84. The third-order valence-electron chi connectivity index (χ3n) is 2.39. The number of nitrogens with two attached hydrogens (primary N) is 1. The van der Waals surface area contributed by atoms with Gasteiger partial charge in [0.15, 0.2) is 0 Å². The van der Waals surface area contributed by atoms with Crippen LogP contribution in [0, 0.1) is 0 Å². The van der Waals surface area contributed by atoms with Crippen molar-refractivity contribution in [2.24, 2.45) is 5.73 Å². The highest BCUT2D eigenvalue weighted by Crippen LogP contribution is 2.12. The molecule has 0 aliphatic rings. The standard InChI is InChI=1S/C12H19N3S/c1-2-3-4-5-8-14-10-7-6-9-15-11(10)12(13)16/h6-7,9,14H,2-5,8H2,1H3,(H2,13,16). The number of nitrogens with one attached hydrogen (secondary N) is 1. The van der Waals surface area contributed by atoms with Gasteiger partial charge in [0, 0.05) is 12.7 Å². The summed E-state index contributed by atoms with van der Waals surface area (Å²) in [5, 5.41) is 3.32. The first-order valence-corrected chi connectivity index (χ1v) is 6.15. The lowest BCUT2D eigenvalue weighted by molar-refractivity contribution is 0.685. The predicted octanol–water partition coefficient (Wildman–Crippen LogP) is 2.71. The molecule has 0 aliphatic heterocycles. The molecule has 3 nitrogen and oxygen atoms in total. The average Bonchev–Trinajstić information content (AvgIpc) is 2.29. The van der Waals surface area contributed by atoms with Crippen molar-refractivity contribution in [1.82, 2.24) is 4.98 Å². The summed E-state index contributed by atoms with van der Waals surface area (Å²) >= 11 is 4.95. The van der Waals surface area contributed by atoms with E-state index in [1.165, 1.54) is 25.7 Å². The van der Waals surface area contributed by atoms with Gasteiger partial charge in [-0.3, -0.25) is 4.98 Å². The number of thiocarbonyl (C=S) groups is 1. The van der Waals surface area contributed by atoms with Crippen molar-refractivity contribution in [3.8, 4) is 0 Å². The monoisotopic (exact) mass is 237 g/mol. The van der Waals surface area contributed by atoms with E-state index in [0.717, 1.165) is 12.2 Å². The van der Waals surface area contributed by atoms with Gasteiger partial charge in [0.1, 0.15) is 10.7 Å². The summed E-state index contributed by atoms with van der Waals surface area (Å²) in [6.45, 7) is 3.15. The van der Waals surface area contributed by atoms with Gasteiger partial charge in [0.2, 0.25) is 0 Å². The van der Waals surface area contributed by atoms with E-state index in [1.54, 1.807) is 6.20 Å². The smallest absolute Gasteiger partial charge is 0.124 e. The maximum absolute atomic E-state index is 5.60. The van der Waals surface area contributed by atoms with Crippen LogP contribution in [0.15, 0.2) is 18.3 Å². The highest BCUT2D eigenvalue weighted by molar-refractivity contribution is 7.80. The van der Waals surface area contributed by atoms with E-state index in [1.807, 2.05) is 12.1 Å². The molecule has 0 aromatic carbocycles. The van der Waals surface area contributed by atoms with Crippen LogP contribution < -0.4 is 11.1 Å². The lowest BCUT2D eigenvalue weighted by Gasteiger charge is -2.09. The van der Waals surface area contributed by atoms with Gasteiger partial charge in [0.25, 0.3) is 0 Å².